The molecule has 0 unspecified atom stereocenters. The van der Waals surface area contributed by atoms with Gasteiger partial charge in [0.1, 0.15) is 5.82 Å². The molecule has 0 aromatic heterocycles. The molecule has 1 heterocycles. The summed E-state index contributed by atoms with van der Waals surface area (Å²) in [5.41, 5.74) is 0.960. The van der Waals surface area contributed by atoms with Crippen LogP contribution in [0.4, 0.5) is 10.1 Å². The van der Waals surface area contributed by atoms with Gasteiger partial charge in [0.2, 0.25) is 0 Å². The fourth-order valence-electron chi connectivity index (χ4n) is 1.77. The molecule has 82 valence electrons. The summed E-state index contributed by atoms with van der Waals surface area (Å²) >= 11 is 0. The molecule has 1 aliphatic heterocycles. The van der Waals surface area contributed by atoms with Gasteiger partial charge in [-0.2, -0.15) is 0 Å². The van der Waals surface area contributed by atoms with Crippen LogP contribution in [0.1, 0.15) is 6.42 Å². The van der Waals surface area contributed by atoms with Crippen LogP contribution >= 0.6 is 0 Å². The van der Waals surface area contributed by atoms with Gasteiger partial charge in [-0.15, -0.1) is 0 Å². The number of nitrogens with zero attached hydrogens (tertiary/aromatic N) is 1. The fourth-order valence-corrected chi connectivity index (χ4v) is 1.77. The van der Waals surface area contributed by atoms with E-state index >= 15 is 0 Å². The summed E-state index contributed by atoms with van der Waals surface area (Å²) in [4.78, 5) is 2.11. The SMILES string of the molecule is CN(CCC1CNC1)c1cccc(F)c1. The minimum atomic E-state index is -0.162. The second-order valence-electron chi connectivity index (χ2n) is 4.21. The topological polar surface area (TPSA) is 15.3 Å². The van der Waals surface area contributed by atoms with E-state index in [0.29, 0.717) is 0 Å². The van der Waals surface area contributed by atoms with Gasteiger partial charge in [-0.25, -0.2) is 4.39 Å². The maximum atomic E-state index is 13.0. The summed E-state index contributed by atoms with van der Waals surface area (Å²) in [6.07, 6.45) is 1.18. The monoisotopic (exact) mass is 208 g/mol. The van der Waals surface area contributed by atoms with Crippen LogP contribution in [-0.2, 0) is 0 Å². The largest absolute Gasteiger partial charge is 0.375 e. The van der Waals surface area contributed by atoms with Crippen LogP contribution in [0.15, 0.2) is 24.3 Å². The van der Waals surface area contributed by atoms with Crippen LogP contribution in [0.3, 0.4) is 0 Å². The average molecular weight is 208 g/mol. The van der Waals surface area contributed by atoms with Crippen molar-refractivity contribution in [2.45, 2.75) is 6.42 Å². The molecule has 1 aliphatic rings. The standard InChI is InChI=1S/C12H17FN2/c1-15(6-5-10-8-14-9-10)12-4-2-3-11(13)7-12/h2-4,7,10,14H,5-6,8-9H2,1H3. The van der Waals surface area contributed by atoms with Gasteiger partial charge < -0.3 is 10.2 Å². The molecule has 1 aromatic rings. The lowest BCUT2D eigenvalue weighted by atomic mass is 9.99. The predicted octanol–water partition coefficient (Wildman–Crippen LogP) is 1.87. The van der Waals surface area contributed by atoms with Crippen molar-refractivity contribution in [2.75, 3.05) is 31.6 Å². The molecule has 0 radical (unpaired) electrons. The third kappa shape index (κ3) is 2.69. The van der Waals surface area contributed by atoms with Gasteiger partial charge in [0.25, 0.3) is 0 Å². The Morgan fingerprint density at radius 3 is 2.87 bits per heavy atom. The summed E-state index contributed by atoms with van der Waals surface area (Å²) in [7, 11) is 2.01. The van der Waals surface area contributed by atoms with Crippen molar-refractivity contribution in [3.05, 3.63) is 30.1 Å². The van der Waals surface area contributed by atoms with Crippen LogP contribution in [0.5, 0.6) is 0 Å². The highest BCUT2D eigenvalue weighted by Crippen LogP contribution is 2.16. The molecule has 15 heavy (non-hydrogen) atoms. The Balaban J connectivity index is 1.86. The normalized spacial score (nSPS) is 16.1. The molecule has 3 heteroatoms. The van der Waals surface area contributed by atoms with E-state index in [4.69, 9.17) is 0 Å². The highest BCUT2D eigenvalue weighted by molar-refractivity contribution is 5.45. The van der Waals surface area contributed by atoms with Crippen LogP contribution in [-0.4, -0.2) is 26.7 Å². The molecule has 1 fully saturated rings. The highest BCUT2D eigenvalue weighted by atomic mass is 19.1. The number of hydrogen-bond acceptors (Lipinski definition) is 2. The Bertz CT molecular complexity index is 323. The first-order valence-electron chi connectivity index (χ1n) is 5.43. The summed E-state index contributed by atoms with van der Waals surface area (Å²) in [6.45, 7) is 3.27. The van der Waals surface area contributed by atoms with Crippen molar-refractivity contribution >= 4 is 5.69 Å². The number of hydrogen-bond donors (Lipinski definition) is 1. The molecular formula is C12H17FN2. The molecule has 0 atom stereocenters. The summed E-state index contributed by atoms with van der Waals surface area (Å²) < 4.78 is 13.0. The van der Waals surface area contributed by atoms with E-state index in [9.17, 15) is 4.39 Å². The van der Waals surface area contributed by atoms with Gasteiger partial charge in [0.15, 0.2) is 0 Å². The van der Waals surface area contributed by atoms with Gasteiger partial charge >= 0.3 is 0 Å². The predicted molar refractivity (Wildman–Crippen MR) is 60.6 cm³/mol. The van der Waals surface area contributed by atoms with Crippen molar-refractivity contribution in [2.24, 2.45) is 5.92 Å². The summed E-state index contributed by atoms with van der Waals surface area (Å²) in [5.74, 6) is 0.644. The maximum Gasteiger partial charge on any atom is 0.125 e. The highest BCUT2D eigenvalue weighted by Gasteiger charge is 2.16. The molecule has 2 rings (SSSR count). The Hall–Kier alpha value is -1.09. The van der Waals surface area contributed by atoms with E-state index in [2.05, 4.69) is 10.2 Å². The van der Waals surface area contributed by atoms with Crippen LogP contribution in [0, 0.1) is 11.7 Å². The van der Waals surface area contributed by atoms with Crippen molar-refractivity contribution < 1.29 is 4.39 Å². The van der Waals surface area contributed by atoms with Crippen LogP contribution in [0.2, 0.25) is 0 Å². The number of benzene rings is 1. The third-order valence-electron chi connectivity index (χ3n) is 2.99. The lowest BCUT2D eigenvalue weighted by Crippen LogP contribution is -2.43. The third-order valence-corrected chi connectivity index (χ3v) is 2.99. The maximum absolute atomic E-state index is 13.0. The number of rotatable bonds is 4. The van der Waals surface area contributed by atoms with E-state index in [-0.39, 0.29) is 5.82 Å². The van der Waals surface area contributed by atoms with E-state index in [1.54, 1.807) is 12.1 Å². The first-order valence-corrected chi connectivity index (χ1v) is 5.43. The molecule has 0 saturated carbocycles. The van der Waals surface area contributed by atoms with Crippen molar-refractivity contribution in [3.8, 4) is 0 Å². The van der Waals surface area contributed by atoms with E-state index in [1.165, 1.54) is 12.5 Å². The molecule has 0 amide bonds. The second-order valence-corrected chi connectivity index (χ2v) is 4.21. The lowest BCUT2D eigenvalue weighted by molar-refractivity contribution is 0.330. The molecule has 1 aromatic carbocycles. The molecule has 1 N–H and O–H groups in total. The van der Waals surface area contributed by atoms with Gasteiger partial charge in [-0.3, -0.25) is 0 Å². The lowest BCUT2D eigenvalue weighted by Gasteiger charge is -2.29. The number of anilines is 1. The number of halogens is 1. The second kappa shape index (κ2) is 4.62. The van der Waals surface area contributed by atoms with Crippen molar-refractivity contribution in [1.29, 1.82) is 0 Å². The zero-order valence-corrected chi connectivity index (χ0v) is 9.04. The molecule has 0 aliphatic carbocycles. The number of nitrogens with one attached hydrogen (secondary N) is 1. The van der Waals surface area contributed by atoms with Gasteiger partial charge in [0, 0.05) is 19.3 Å². The Morgan fingerprint density at radius 2 is 2.27 bits per heavy atom. The molecule has 1 saturated heterocycles. The molecule has 0 spiro atoms. The smallest absolute Gasteiger partial charge is 0.125 e. The first kappa shape index (κ1) is 10.4. The molecule has 0 bridgehead atoms. The minimum absolute atomic E-state index is 0.162. The quantitative estimate of drug-likeness (QED) is 0.812. The van der Waals surface area contributed by atoms with E-state index in [1.807, 2.05) is 13.1 Å². The van der Waals surface area contributed by atoms with Gasteiger partial charge in [0.05, 0.1) is 0 Å². The van der Waals surface area contributed by atoms with E-state index in [0.717, 1.165) is 31.2 Å². The molecule has 2 nitrogen and oxygen atoms in total. The zero-order chi connectivity index (χ0) is 10.7. The van der Waals surface area contributed by atoms with Crippen molar-refractivity contribution in [1.82, 2.24) is 5.32 Å². The minimum Gasteiger partial charge on any atom is -0.375 e. The van der Waals surface area contributed by atoms with Gasteiger partial charge in [-0.05, 0) is 43.6 Å². The average Bonchev–Trinajstić information content (AvgIpc) is 2.15. The summed E-state index contributed by atoms with van der Waals surface area (Å²) in [5, 5.41) is 3.26. The Morgan fingerprint density at radius 1 is 1.47 bits per heavy atom. The Labute approximate surface area is 90.1 Å². The Kier molecular flexibility index (Phi) is 3.21. The van der Waals surface area contributed by atoms with Gasteiger partial charge in [-0.1, -0.05) is 6.07 Å². The van der Waals surface area contributed by atoms with Crippen molar-refractivity contribution in [3.63, 3.8) is 0 Å². The summed E-state index contributed by atoms with van der Waals surface area (Å²) in [6, 6.07) is 6.76. The first-order chi connectivity index (χ1) is 7.25. The fraction of sp³-hybridized carbons (Fsp3) is 0.500. The van der Waals surface area contributed by atoms with Crippen LogP contribution < -0.4 is 10.2 Å². The van der Waals surface area contributed by atoms with E-state index < -0.39 is 0 Å². The molecular weight excluding hydrogens is 191 g/mol. The zero-order valence-electron chi connectivity index (χ0n) is 9.04. The van der Waals surface area contributed by atoms with Crippen LogP contribution in [0.25, 0.3) is 0 Å².